The van der Waals surface area contributed by atoms with Gasteiger partial charge >= 0.3 is 0 Å². The first-order valence-electron chi connectivity index (χ1n) is 4.78. The van der Waals surface area contributed by atoms with E-state index in [-0.39, 0.29) is 5.91 Å². The summed E-state index contributed by atoms with van der Waals surface area (Å²) >= 11 is 6.33. The van der Waals surface area contributed by atoms with Crippen LogP contribution in [0.5, 0.6) is 0 Å². The number of benzene rings is 1. The first kappa shape index (κ1) is 14.3. The van der Waals surface area contributed by atoms with Crippen LogP contribution in [0.2, 0.25) is 0 Å². The molecule has 0 bridgehead atoms. The van der Waals surface area contributed by atoms with E-state index in [0.29, 0.717) is 22.9 Å². The van der Waals surface area contributed by atoms with E-state index in [1.165, 1.54) is 0 Å². The van der Waals surface area contributed by atoms with Crippen LogP contribution in [0.1, 0.15) is 15.9 Å². The van der Waals surface area contributed by atoms with Crippen LogP contribution in [-0.4, -0.2) is 23.6 Å². The molecule has 0 aliphatic carbocycles. The Morgan fingerprint density at radius 3 is 2.94 bits per heavy atom. The zero-order valence-electron chi connectivity index (χ0n) is 9.10. The van der Waals surface area contributed by atoms with Gasteiger partial charge in [0.2, 0.25) is 0 Å². The molecule has 17 heavy (non-hydrogen) atoms. The third-order valence-electron chi connectivity index (χ3n) is 1.98. The fraction of sp³-hybridized carbons (Fsp3) is 0.300. The normalized spacial score (nSPS) is 10.3. The van der Waals surface area contributed by atoms with Crippen molar-refractivity contribution in [2.75, 3.05) is 12.4 Å². The maximum Gasteiger partial charge on any atom is 0.251 e. The minimum absolute atomic E-state index is 0.168. The van der Waals surface area contributed by atoms with Gasteiger partial charge in [-0.05, 0) is 30.7 Å². The van der Waals surface area contributed by atoms with E-state index in [4.69, 9.17) is 16.9 Å². The standard InChI is InChI=1S/C10H12ClNO4S/c1-7-6-8(17-16-15-14)2-3-9(7)10(13)12-5-4-11/h2-3,6,14H,4-5H2,1H3,(H,12,13). The van der Waals surface area contributed by atoms with Crippen LogP contribution in [0.3, 0.4) is 0 Å². The molecule has 1 rings (SSSR count). The maximum atomic E-state index is 11.7. The van der Waals surface area contributed by atoms with Crippen molar-refractivity contribution in [1.82, 2.24) is 5.32 Å². The molecule has 0 aliphatic rings. The van der Waals surface area contributed by atoms with Crippen LogP contribution in [0.25, 0.3) is 0 Å². The van der Waals surface area contributed by atoms with Crippen LogP contribution in [0, 0.1) is 6.92 Å². The molecule has 0 radical (unpaired) electrons. The smallest absolute Gasteiger partial charge is 0.251 e. The quantitative estimate of drug-likeness (QED) is 0.362. The van der Waals surface area contributed by atoms with Crippen molar-refractivity contribution < 1.29 is 19.4 Å². The number of carbonyl (C=O) groups is 1. The summed E-state index contributed by atoms with van der Waals surface area (Å²) < 4.78 is 4.29. The third kappa shape index (κ3) is 4.53. The van der Waals surface area contributed by atoms with Crippen molar-refractivity contribution in [3.8, 4) is 0 Å². The molecule has 0 unspecified atom stereocenters. The number of alkyl halides is 1. The highest BCUT2D eigenvalue weighted by atomic mass is 35.5. The first-order chi connectivity index (χ1) is 8.19. The van der Waals surface area contributed by atoms with Crippen LogP contribution in [-0.2, 0) is 9.37 Å². The van der Waals surface area contributed by atoms with E-state index >= 15 is 0 Å². The Hall–Kier alpha value is -0.790. The Bertz CT molecular complexity index is 389. The summed E-state index contributed by atoms with van der Waals surface area (Å²) in [5.41, 5.74) is 1.37. The number of carbonyl (C=O) groups excluding carboxylic acids is 1. The number of amides is 1. The summed E-state index contributed by atoms with van der Waals surface area (Å²) in [6, 6.07) is 5.10. The largest absolute Gasteiger partial charge is 0.351 e. The van der Waals surface area contributed by atoms with Gasteiger partial charge in [-0.2, -0.15) is 0 Å². The summed E-state index contributed by atoms with van der Waals surface area (Å²) in [5.74, 6) is 0.208. The molecule has 0 fully saturated rings. The highest BCUT2D eigenvalue weighted by Gasteiger charge is 2.09. The highest BCUT2D eigenvalue weighted by Crippen LogP contribution is 2.22. The van der Waals surface area contributed by atoms with Gasteiger partial charge in [0.15, 0.2) is 0 Å². The maximum absolute atomic E-state index is 11.7. The van der Waals surface area contributed by atoms with Crippen molar-refractivity contribution >= 4 is 29.6 Å². The van der Waals surface area contributed by atoms with Gasteiger partial charge in [0.25, 0.3) is 5.91 Å². The molecule has 1 amide bonds. The number of hydrogen-bond acceptors (Lipinski definition) is 5. The summed E-state index contributed by atoms with van der Waals surface area (Å²) in [7, 11) is 0. The molecule has 5 nitrogen and oxygen atoms in total. The monoisotopic (exact) mass is 277 g/mol. The van der Waals surface area contributed by atoms with Crippen LogP contribution < -0.4 is 5.32 Å². The molecule has 0 aliphatic heterocycles. The average molecular weight is 278 g/mol. The van der Waals surface area contributed by atoms with Gasteiger partial charge in [-0.15, -0.1) is 15.9 Å². The molecule has 7 heteroatoms. The lowest BCUT2D eigenvalue weighted by Gasteiger charge is -2.07. The fourth-order valence-corrected chi connectivity index (χ4v) is 1.81. The van der Waals surface area contributed by atoms with Crippen molar-refractivity contribution in [1.29, 1.82) is 0 Å². The molecule has 0 saturated carbocycles. The van der Waals surface area contributed by atoms with E-state index in [2.05, 4.69) is 14.7 Å². The molecule has 0 atom stereocenters. The summed E-state index contributed by atoms with van der Waals surface area (Å²) in [6.07, 6.45) is 0. The molecule has 1 aromatic carbocycles. The molecule has 0 aromatic heterocycles. The Morgan fingerprint density at radius 1 is 1.59 bits per heavy atom. The third-order valence-corrected chi connectivity index (χ3v) is 2.75. The van der Waals surface area contributed by atoms with Crippen molar-refractivity contribution in [2.45, 2.75) is 11.8 Å². The van der Waals surface area contributed by atoms with Crippen molar-refractivity contribution in [2.24, 2.45) is 0 Å². The van der Waals surface area contributed by atoms with E-state index in [1.54, 1.807) is 25.1 Å². The van der Waals surface area contributed by atoms with Crippen LogP contribution >= 0.6 is 23.6 Å². The van der Waals surface area contributed by atoms with E-state index < -0.39 is 0 Å². The van der Waals surface area contributed by atoms with E-state index in [1.807, 2.05) is 0 Å². The predicted octanol–water partition coefficient (Wildman–Crippen LogP) is 2.39. The average Bonchev–Trinajstić information content (AvgIpc) is 2.33. The topological polar surface area (TPSA) is 67.8 Å². The second-order valence-electron chi connectivity index (χ2n) is 3.15. The van der Waals surface area contributed by atoms with Gasteiger partial charge in [-0.3, -0.25) is 4.79 Å². The lowest BCUT2D eigenvalue weighted by Crippen LogP contribution is -2.25. The Balaban J connectivity index is 2.71. The molecule has 0 saturated heterocycles. The second-order valence-corrected chi connectivity index (χ2v) is 4.30. The fourth-order valence-electron chi connectivity index (χ4n) is 1.25. The zero-order valence-corrected chi connectivity index (χ0v) is 10.7. The van der Waals surface area contributed by atoms with Gasteiger partial charge in [0.1, 0.15) is 0 Å². The van der Waals surface area contributed by atoms with Gasteiger partial charge in [0.05, 0.1) is 12.0 Å². The molecular formula is C10H12ClNO4S. The van der Waals surface area contributed by atoms with Gasteiger partial charge in [-0.25, -0.2) is 5.26 Å². The molecule has 1 aromatic rings. The number of aryl methyl sites for hydroxylation is 1. The number of halogens is 1. The second kappa shape index (κ2) is 7.52. The predicted molar refractivity (Wildman–Crippen MR) is 64.9 cm³/mol. The Labute approximate surface area is 108 Å². The SMILES string of the molecule is Cc1cc(SOOO)ccc1C(=O)NCCCl. The first-order valence-corrected chi connectivity index (χ1v) is 6.06. The number of rotatable bonds is 6. The van der Waals surface area contributed by atoms with Crippen LogP contribution in [0.15, 0.2) is 23.1 Å². The molecule has 2 N–H and O–H groups in total. The lowest BCUT2D eigenvalue weighted by atomic mass is 10.1. The highest BCUT2D eigenvalue weighted by molar-refractivity contribution is 7.94. The molecule has 94 valence electrons. The minimum atomic E-state index is -0.168. The molecule has 0 spiro atoms. The summed E-state index contributed by atoms with van der Waals surface area (Å²) in [6.45, 7) is 2.23. The Kier molecular flexibility index (Phi) is 6.31. The zero-order chi connectivity index (χ0) is 12.7. The lowest BCUT2D eigenvalue weighted by molar-refractivity contribution is -0.432. The number of hydrogen-bond donors (Lipinski definition) is 2. The molecular weight excluding hydrogens is 266 g/mol. The van der Waals surface area contributed by atoms with Gasteiger partial charge in [-0.1, -0.05) is 5.04 Å². The minimum Gasteiger partial charge on any atom is -0.351 e. The van der Waals surface area contributed by atoms with Gasteiger partial charge in [0, 0.05) is 22.9 Å². The van der Waals surface area contributed by atoms with Crippen molar-refractivity contribution in [3.63, 3.8) is 0 Å². The summed E-state index contributed by atoms with van der Waals surface area (Å²) in [5, 5.41) is 14.2. The van der Waals surface area contributed by atoms with E-state index in [9.17, 15) is 4.79 Å². The van der Waals surface area contributed by atoms with E-state index in [0.717, 1.165) is 17.6 Å². The number of nitrogens with one attached hydrogen (secondary N) is 1. The van der Waals surface area contributed by atoms with Gasteiger partial charge < -0.3 is 5.32 Å². The van der Waals surface area contributed by atoms with Crippen LogP contribution in [0.4, 0.5) is 0 Å². The molecule has 0 heterocycles. The summed E-state index contributed by atoms with van der Waals surface area (Å²) in [4.78, 5) is 12.4. The Morgan fingerprint density at radius 2 is 2.35 bits per heavy atom. The van der Waals surface area contributed by atoms with Crippen molar-refractivity contribution in [3.05, 3.63) is 29.3 Å².